The van der Waals surface area contributed by atoms with Gasteiger partial charge < -0.3 is 4.90 Å². The van der Waals surface area contributed by atoms with Gasteiger partial charge in [-0.15, -0.1) is 0 Å². The predicted molar refractivity (Wildman–Crippen MR) is 59.9 cm³/mol. The number of halogens is 3. The number of rotatable bonds is 3. The van der Waals surface area contributed by atoms with Crippen LogP contribution in [0.4, 0.5) is 8.78 Å². The molecule has 1 aliphatic rings. The van der Waals surface area contributed by atoms with Gasteiger partial charge in [0.2, 0.25) is 5.91 Å². The van der Waals surface area contributed by atoms with Crippen LogP contribution in [0.15, 0.2) is 24.3 Å². The monoisotopic (exact) mass is 260 g/mol. The number of hydrogen-bond donors (Lipinski definition) is 1. The summed E-state index contributed by atoms with van der Waals surface area (Å²) in [5.74, 6) is -0.315. The Bertz CT molecular complexity index is 410. The van der Waals surface area contributed by atoms with E-state index in [9.17, 15) is 13.6 Å². The molecule has 92 valence electrons. The van der Waals surface area contributed by atoms with E-state index in [2.05, 4.69) is 5.32 Å². The van der Waals surface area contributed by atoms with Crippen LogP contribution >= 0.6 is 11.6 Å². The third kappa shape index (κ3) is 2.73. The van der Waals surface area contributed by atoms with E-state index in [4.69, 9.17) is 11.6 Å². The van der Waals surface area contributed by atoms with Crippen LogP contribution in [-0.2, 0) is 4.79 Å². The van der Waals surface area contributed by atoms with Crippen molar-refractivity contribution in [3.05, 3.63) is 34.9 Å². The van der Waals surface area contributed by atoms with Gasteiger partial charge in [-0.2, -0.15) is 0 Å². The number of alkyl halides is 2. The lowest BCUT2D eigenvalue weighted by Crippen LogP contribution is -2.34. The molecular formula is C11H11ClF2N2O. The Morgan fingerprint density at radius 2 is 2.06 bits per heavy atom. The van der Waals surface area contributed by atoms with Gasteiger partial charge in [-0.3, -0.25) is 10.1 Å². The Morgan fingerprint density at radius 3 is 2.65 bits per heavy atom. The molecule has 1 aromatic carbocycles. The summed E-state index contributed by atoms with van der Waals surface area (Å²) in [4.78, 5) is 12.6. The molecule has 1 heterocycles. The molecule has 1 amide bonds. The van der Waals surface area contributed by atoms with Crippen molar-refractivity contribution in [1.82, 2.24) is 10.2 Å². The molecular weight excluding hydrogens is 250 g/mol. The molecule has 1 aromatic rings. The fraction of sp³-hybridized carbons (Fsp3) is 0.364. The van der Waals surface area contributed by atoms with E-state index in [-0.39, 0.29) is 12.5 Å². The van der Waals surface area contributed by atoms with Gasteiger partial charge in [0.25, 0.3) is 6.43 Å². The SMILES string of the molecule is O=C1CNC(c2ccc(Cl)cc2)N1CC(F)F. The van der Waals surface area contributed by atoms with Gasteiger partial charge in [0.15, 0.2) is 0 Å². The number of hydrogen-bond acceptors (Lipinski definition) is 2. The lowest BCUT2D eigenvalue weighted by molar-refractivity contribution is -0.130. The zero-order chi connectivity index (χ0) is 12.4. The van der Waals surface area contributed by atoms with E-state index in [1.165, 1.54) is 0 Å². The Balaban J connectivity index is 2.19. The minimum absolute atomic E-state index is 0.0833. The summed E-state index contributed by atoms with van der Waals surface area (Å²) in [6.45, 7) is -0.473. The van der Waals surface area contributed by atoms with Crippen LogP contribution in [0.5, 0.6) is 0 Å². The fourth-order valence-electron chi connectivity index (χ4n) is 1.84. The number of nitrogens with one attached hydrogen (secondary N) is 1. The van der Waals surface area contributed by atoms with Gasteiger partial charge in [-0.25, -0.2) is 8.78 Å². The van der Waals surface area contributed by atoms with Crippen LogP contribution in [0, 0.1) is 0 Å². The fourth-order valence-corrected chi connectivity index (χ4v) is 1.96. The van der Waals surface area contributed by atoms with Crippen LogP contribution in [0.1, 0.15) is 11.7 Å². The maximum Gasteiger partial charge on any atom is 0.255 e. The zero-order valence-electron chi connectivity index (χ0n) is 8.87. The lowest BCUT2D eigenvalue weighted by atomic mass is 10.1. The van der Waals surface area contributed by atoms with Crippen LogP contribution in [0.3, 0.4) is 0 Å². The van der Waals surface area contributed by atoms with Gasteiger partial charge in [0.05, 0.1) is 13.1 Å². The van der Waals surface area contributed by atoms with Crippen LogP contribution in [0.2, 0.25) is 5.02 Å². The van der Waals surface area contributed by atoms with Gasteiger partial charge >= 0.3 is 0 Å². The Kier molecular flexibility index (Phi) is 3.59. The minimum atomic E-state index is -2.53. The molecule has 3 nitrogen and oxygen atoms in total. The lowest BCUT2D eigenvalue weighted by Gasteiger charge is -2.24. The molecule has 0 saturated carbocycles. The summed E-state index contributed by atoms with van der Waals surface area (Å²) in [6, 6.07) is 6.78. The summed E-state index contributed by atoms with van der Waals surface area (Å²) in [5, 5.41) is 3.47. The first-order valence-electron chi connectivity index (χ1n) is 5.14. The molecule has 1 unspecified atom stereocenters. The standard InChI is InChI=1S/C11H11ClF2N2O/c12-8-3-1-7(2-4-8)11-15-5-10(17)16(11)6-9(13)14/h1-4,9,11,15H,5-6H2. The second-order valence-corrected chi connectivity index (χ2v) is 4.21. The van der Waals surface area contributed by atoms with Gasteiger partial charge in [-0.05, 0) is 17.7 Å². The Labute approximate surface area is 102 Å². The van der Waals surface area contributed by atoms with E-state index in [0.29, 0.717) is 5.02 Å². The third-order valence-electron chi connectivity index (χ3n) is 2.60. The molecule has 1 saturated heterocycles. The number of carbonyl (C=O) groups is 1. The summed E-state index contributed by atoms with van der Waals surface area (Å²) in [6.07, 6.45) is -3.03. The van der Waals surface area contributed by atoms with Crippen LogP contribution < -0.4 is 5.32 Å². The van der Waals surface area contributed by atoms with Gasteiger partial charge in [-0.1, -0.05) is 23.7 Å². The summed E-state index contributed by atoms with van der Waals surface area (Å²) < 4.78 is 24.7. The van der Waals surface area contributed by atoms with Crippen molar-refractivity contribution in [2.45, 2.75) is 12.6 Å². The smallest absolute Gasteiger partial charge is 0.255 e. The summed E-state index contributed by atoms with van der Waals surface area (Å²) in [7, 11) is 0. The summed E-state index contributed by atoms with van der Waals surface area (Å²) in [5.41, 5.74) is 0.751. The van der Waals surface area contributed by atoms with Gasteiger partial charge in [0, 0.05) is 5.02 Å². The molecule has 1 aliphatic heterocycles. The van der Waals surface area contributed by atoms with Crippen molar-refractivity contribution in [3.8, 4) is 0 Å². The molecule has 0 aliphatic carbocycles. The van der Waals surface area contributed by atoms with E-state index in [0.717, 1.165) is 10.5 Å². The Morgan fingerprint density at radius 1 is 1.41 bits per heavy atom. The largest absolute Gasteiger partial charge is 0.316 e. The molecule has 0 spiro atoms. The molecule has 0 radical (unpaired) electrons. The van der Waals surface area contributed by atoms with E-state index >= 15 is 0 Å². The van der Waals surface area contributed by atoms with Crippen molar-refractivity contribution < 1.29 is 13.6 Å². The summed E-state index contributed by atoms with van der Waals surface area (Å²) >= 11 is 5.75. The van der Waals surface area contributed by atoms with Crippen molar-refractivity contribution in [2.75, 3.05) is 13.1 Å². The van der Waals surface area contributed by atoms with E-state index < -0.39 is 19.1 Å². The Hall–Kier alpha value is -1.20. The molecule has 1 N–H and O–H groups in total. The first-order chi connectivity index (χ1) is 8.08. The van der Waals surface area contributed by atoms with Gasteiger partial charge in [0.1, 0.15) is 6.17 Å². The highest BCUT2D eigenvalue weighted by Crippen LogP contribution is 2.24. The minimum Gasteiger partial charge on any atom is -0.316 e. The topological polar surface area (TPSA) is 32.3 Å². The highest BCUT2D eigenvalue weighted by atomic mass is 35.5. The molecule has 6 heteroatoms. The van der Waals surface area contributed by atoms with Crippen molar-refractivity contribution >= 4 is 17.5 Å². The number of amides is 1. The first kappa shape index (κ1) is 12.3. The number of carbonyl (C=O) groups excluding carboxylic acids is 1. The van der Waals surface area contributed by atoms with Crippen LogP contribution in [-0.4, -0.2) is 30.3 Å². The second-order valence-electron chi connectivity index (χ2n) is 3.77. The highest BCUT2D eigenvalue weighted by molar-refractivity contribution is 6.30. The first-order valence-corrected chi connectivity index (χ1v) is 5.52. The average Bonchev–Trinajstić information content (AvgIpc) is 2.61. The van der Waals surface area contributed by atoms with E-state index in [1.807, 2.05) is 0 Å². The molecule has 0 aromatic heterocycles. The maximum absolute atomic E-state index is 12.4. The molecule has 1 fully saturated rings. The maximum atomic E-state index is 12.4. The van der Waals surface area contributed by atoms with E-state index in [1.54, 1.807) is 24.3 Å². The van der Waals surface area contributed by atoms with Crippen molar-refractivity contribution in [2.24, 2.45) is 0 Å². The van der Waals surface area contributed by atoms with Crippen molar-refractivity contribution in [1.29, 1.82) is 0 Å². The van der Waals surface area contributed by atoms with Crippen molar-refractivity contribution in [3.63, 3.8) is 0 Å². The predicted octanol–water partition coefficient (Wildman–Crippen LogP) is 2.04. The van der Waals surface area contributed by atoms with Crippen LogP contribution in [0.25, 0.3) is 0 Å². The highest BCUT2D eigenvalue weighted by Gasteiger charge is 2.33. The molecule has 2 rings (SSSR count). The molecule has 0 bridgehead atoms. The number of nitrogens with zero attached hydrogens (tertiary/aromatic N) is 1. The zero-order valence-corrected chi connectivity index (χ0v) is 9.62. The third-order valence-corrected chi connectivity index (χ3v) is 2.85. The normalized spacial score (nSPS) is 20.4. The average molecular weight is 261 g/mol. The quantitative estimate of drug-likeness (QED) is 0.902. The number of benzene rings is 1. The molecule has 1 atom stereocenters. The molecule has 17 heavy (non-hydrogen) atoms. The second kappa shape index (κ2) is 4.98.